The fourth-order valence-electron chi connectivity index (χ4n) is 1.75. The predicted octanol–water partition coefficient (Wildman–Crippen LogP) is 0.948. The predicted molar refractivity (Wildman–Crippen MR) is 69.4 cm³/mol. The Balaban J connectivity index is 1.89. The van der Waals surface area contributed by atoms with Crippen LogP contribution in [-0.2, 0) is 13.1 Å². The number of aromatic nitrogens is 3. The van der Waals surface area contributed by atoms with Gasteiger partial charge in [0.1, 0.15) is 5.75 Å². The molecule has 98 valence electrons. The number of methoxy groups -OCH3 is 1. The lowest BCUT2D eigenvalue weighted by Gasteiger charge is -2.10. The number of nitriles is 1. The highest BCUT2D eigenvalue weighted by Crippen LogP contribution is 2.19. The van der Waals surface area contributed by atoms with Gasteiger partial charge in [-0.05, 0) is 18.2 Å². The van der Waals surface area contributed by atoms with Crippen LogP contribution in [0.4, 0.5) is 0 Å². The minimum absolute atomic E-state index is 0.633. The highest BCUT2D eigenvalue weighted by molar-refractivity contribution is 5.41. The van der Waals surface area contributed by atoms with E-state index < -0.39 is 0 Å². The van der Waals surface area contributed by atoms with E-state index in [0.717, 1.165) is 24.4 Å². The summed E-state index contributed by atoms with van der Waals surface area (Å²) in [6, 6.07) is 7.52. The van der Waals surface area contributed by atoms with Crippen LogP contribution in [-0.4, -0.2) is 28.6 Å². The van der Waals surface area contributed by atoms with Gasteiger partial charge in [-0.2, -0.15) is 5.26 Å². The van der Waals surface area contributed by atoms with Crippen molar-refractivity contribution in [1.82, 2.24) is 20.3 Å². The van der Waals surface area contributed by atoms with Gasteiger partial charge in [0, 0.05) is 24.8 Å². The van der Waals surface area contributed by atoms with E-state index in [9.17, 15) is 0 Å². The zero-order valence-electron chi connectivity index (χ0n) is 10.7. The van der Waals surface area contributed by atoms with Crippen molar-refractivity contribution in [2.75, 3.05) is 13.7 Å². The Kier molecular flexibility index (Phi) is 4.48. The van der Waals surface area contributed by atoms with Crippen LogP contribution in [0.1, 0.15) is 11.1 Å². The standard InChI is InChI=1S/C13H15N5O/c1-19-13-3-2-11(9-14)8-12(13)10-15-4-6-18-7-5-16-17-18/h2-3,5,7-8,15H,4,6,10H2,1H3. The van der Waals surface area contributed by atoms with E-state index >= 15 is 0 Å². The molecular weight excluding hydrogens is 242 g/mol. The molecule has 0 saturated carbocycles. The lowest BCUT2D eigenvalue weighted by Crippen LogP contribution is -2.20. The van der Waals surface area contributed by atoms with E-state index in [-0.39, 0.29) is 0 Å². The van der Waals surface area contributed by atoms with E-state index in [2.05, 4.69) is 21.7 Å². The van der Waals surface area contributed by atoms with Crippen molar-refractivity contribution >= 4 is 0 Å². The SMILES string of the molecule is COc1ccc(C#N)cc1CNCCn1ccnn1. The lowest BCUT2D eigenvalue weighted by atomic mass is 10.1. The third-order valence-electron chi connectivity index (χ3n) is 2.71. The first-order chi connectivity index (χ1) is 9.33. The second kappa shape index (κ2) is 6.52. The van der Waals surface area contributed by atoms with Crippen molar-refractivity contribution in [2.24, 2.45) is 0 Å². The Labute approximate surface area is 111 Å². The molecule has 0 aliphatic rings. The molecule has 0 aliphatic carbocycles. The van der Waals surface area contributed by atoms with Gasteiger partial charge in [-0.1, -0.05) is 5.21 Å². The summed E-state index contributed by atoms with van der Waals surface area (Å²) in [4.78, 5) is 0. The number of benzene rings is 1. The maximum absolute atomic E-state index is 8.89. The first kappa shape index (κ1) is 13.1. The van der Waals surface area contributed by atoms with E-state index in [4.69, 9.17) is 10.00 Å². The number of hydrogen-bond donors (Lipinski definition) is 1. The molecule has 2 rings (SSSR count). The molecule has 0 radical (unpaired) electrons. The van der Waals surface area contributed by atoms with Gasteiger partial charge in [0.05, 0.1) is 31.5 Å². The lowest BCUT2D eigenvalue weighted by molar-refractivity contribution is 0.407. The normalized spacial score (nSPS) is 10.1. The quantitative estimate of drug-likeness (QED) is 0.780. The largest absolute Gasteiger partial charge is 0.496 e. The second-order valence-corrected chi connectivity index (χ2v) is 3.98. The number of ether oxygens (including phenoxy) is 1. The van der Waals surface area contributed by atoms with Gasteiger partial charge in [-0.15, -0.1) is 5.10 Å². The van der Waals surface area contributed by atoms with Gasteiger partial charge < -0.3 is 10.1 Å². The van der Waals surface area contributed by atoms with Crippen LogP contribution in [0.15, 0.2) is 30.6 Å². The molecule has 1 aromatic carbocycles. The summed E-state index contributed by atoms with van der Waals surface area (Å²) < 4.78 is 7.03. The summed E-state index contributed by atoms with van der Waals surface area (Å²) in [5.41, 5.74) is 1.61. The molecule has 1 aromatic heterocycles. The van der Waals surface area contributed by atoms with Crippen LogP contribution < -0.4 is 10.1 Å². The smallest absolute Gasteiger partial charge is 0.123 e. The molecule has 0 spiro atoms. The summed E-state index contributed by atoms with van der Waals surface area (Å²) in [7, 11) is 1.63. The van der Waals surface area contributed by atoms with E-state index in [0.29, 0.717) is 12.1 Å². The third kappa shape index (κ3) is 3.53. The van der Waals surface area contributed by atoms with Gasteiger partial charge in [0.2, 0.25) is 0 Å². The van der Waals surface area contributed by atoms with Crippen molar-refractivity contribution in [3.8, 4) is 11.8 Å². The summed E-state index contributed by atoms with van der Waals surface area (Å²) in [5, 5.41) is 19.8. The van der Waals surface area contributed by atoms with Crippen LogP contribution in [0, 0.1) is 11.3 Å². The first-order valence-corrected chi connectivity index (χ1v) is 5.95. The van der Waals surface area contributed by atoms with Crippen molar-refractivity contribution in [3.05, 3.63) is 41.7 Å². The number of nitrogens with one attached hydrogen (secondary N) is 1. The Morgan fingerprint density at radius 2 is 2.37 bits per heavy atom. The summed E-state index contributed by atoms with van der Waals surface area (Å²) in [5.74, 6) is 0.784. The molecule has 0 aliphatic heterocycles. The van der Waals surface area contributed by atoms with Gasteiger partial charge in [0.15, 0.2) is 0 Å². The Bertz CT molecular complexity index is 559. The molecule has 0 atom stereocenters. The van der Waals surface area contributed by atoms with Gasteiger partial charge in [-0.25, -0.2) is 0 Å². The molecule has 2 aromatic rings. The number of nitrogens with zero attached hydrogens (tertiary/aromatic N) is 4. The molecule has 19 heavy (non-hydrogen) atoms. The second-order valence-electron chi connectivity index (χ2n) is 3.98. The summed E-state index contributed by atoms with van der Waals surface area (Å²) in [6.07, 6.45) is 3.47. The fraction of sp³-hybridized carbons (Fsp3) is 0.308. The van der Waals surface area contributed by atoms with Crippen molar-refractivity contribution in [1.29, 1.82) is 5.26 Å². The highest BCUT2D eigenvalue weighted by atomic mass is 16.5. The minimum Gasteiger partial charge on any atom is -0.496 e. The Morgan fingerprint density at radius 3 is 3.05 bits per heavy atom. The highest BCUT2D eigenvalue weighted by Gasteiger charge is 2.04. The van der Waals surface area contributed by atoms with Crippen molar-refractivity contribution < 1.29 is 4.74 Å². The van der Waals surface area contributed by atoms with Crippen molar-refractivity contribution in [2.45, 2.75) is 13.1 Å². The van der Waals surface area contributed by atoms with Crippen LogP contribution in [0.3, 0.4) is 0 Å². The van der Waals surface area contributed by atoms with Gasteiger partial charge >= 0.3 is 0 Å². The Morgan fingerprint density at radius 1 is 1.47 bits per heavy atom. The summed E-state index contributed by atoms with van der Waals surface area (Å²) >= 11 is 0. The first-order valence-electron chi connectivity index (χ1n) is 5.95. The van der Waals surface area contributed by atoms with Gasteiger partial charge in [0.25, 0.3) is 0 Å². The molecule has 0 amide bonds. The van der Waals surface area contributed by atoms with E-state index in [1.54, 1.807) is 24.1 Å². The minimum atomic E-state index is 0.633. The molecule has 6 nitrogen and oxygen atoms in total. The number of hydrogen-bond acceptors (Lipinski definition) is 5. The van der Waals surface area contributed by atoms with Crippen LogP contribution in [0.25, 0.3) is 0 Å². The summed E-state index contributed by atoms with van der Waals surface area (Å²) in [6.45, 7) is 2.16. The molecule has 6 heteroatoms. The zero-order chi connectivity index (χ0) is 13.5. The average Bonchev–Trinajstić information content (AvgIpc) is 2.96. The van der Waals surface area contributed by atoms with Crippen LogP contribution in [0.5, 0.6) is 5.75 Å². The maximum atomic E-state index is 8.89. The molecule has 0 fully saturated rings. The van der Waals surface area contributed by atoms with Crippen LogP contribution in [0.2, 0.25) is 0 Å². The van der Waals surface area contributed by atoms with E-state index in [1.165, 1.54) is 0 Å². The fourth-order valence-corrected chi connectivity index (χ4v) is 1.75. The molecule has 0 saturated heterocycles. The van der Waals surface area contributed by atoms with Crippen LogP contribution >= 0.6 is 0 Å². The average molecular weight is 257 g/mol. The Hall–Kier alpha value is -2.39. The molecular formula is C13H15N5O. The molecule has 1 N–H and O–H groups in total. The van der Waals surface area contributed by atoms with Gasteiger partial charge in [-0.3, -0.25) is 4.68 Å². The topological polar surface area (TPSA) is 75.8 Å². The van der Waals surface area contributed by atoms with Crippen molar-refractivity contribution in [3.63, 3.8) is 0 Å². The maximum Gasteiger partial charge on any atom is 0.123 e. The van der Waals surface area contributed by atoms with E-state index in [1.807, 2.05) is 18.3 Å². The zero-order valence-corrected chi connectivity index (χ0v) is 10.7. The number of rotatable bonds is 6. The third-order valence-corrected chi connectivity index (χ3v) is 2.71. The molecule has 0 unspecified atom stereocenters. The monoisotopic (exact) mass is 257 g/mol. The molecule has 1 heterocycles. The molecule has 0 bridgehead atoms.